The van der Waals surface area contributed by atoms with Gasteiger partial charge in [-0.25, -0.2) is 0 Å². The minimum atomic E-state index is -3.65. The predicted molar refractivity (Wildman–Crippen MR) is 101 cm³/mol. The SMILES string of the molecule is CC(C)O[Te]12Oc3ccc(Br)cc3CN1Cc1cc(Br)ccc1O2. The van der Waals surface area contributed by atoms with Crippen LogP contribution in [0.5, 0.6) is 11.5 Å². The standard InChI is InChI=1S/C17H17Br2NO3Te/c1-11(2)21-24-20(9-12-7-14(18)3-5-16(12)22-24)10-13-8-15(19)4-6-17(13)23-24/h3-8,11H,9-10H2,1-2H3. The van der Waals surface area contributed by atoms with Crippen LogP contribution in [0, 0.1) is 0 Å². The van der Waals surface area contributed by atoms with Gasteiger partial charge in [0.2, 0.25) is 0 Å². The third kappa shape index (κ3) is 3.11. The summed E-state index contributed by atoms with van der Waals surface area (Å²) in [5.41, 5.74) is 2.31. The molecule has 0 amide bonds. The Balaban J connectivity index is 1.78. The number of fused-ring (bicyclic) bond motifs is 3. The Morgan fingerprint density at radius 2 is 1.46 bits per heavy atom. The number of benzene rings is 2. The van der Waals surface area contributed by atoms with Gasteiger partial charge in [0.25, 0.3) is 0 Å². The van der Waals surface area contributed by atoms with Crippen molar-refractivity contribution in [3.8, 4) is 11.5 Å². The van der Waals surface area contributed by atoms with E-state index in [0.29, 0.717) is 0 Å². The third-order valence-corrected chi connectivity index (χ3v) is 11.3. The Morgan fingerprint density at radius 3 is 1.92 bits per heavy atom. The van der Waals surface area contributed by atoms with Gasteiger partial charge in [-0.2, -0.15) is 0 Å². The minimum absolute atomic E-state index is 0.0442. The molecule has 4 rings (SSSR count). The molecule has 0 saturated heterocycles. The van der Waals surface area contributed by atoms with Crippen molar-refractivity contribution in [2.75, 3.05) is 0 Å². The first kappa shape index (κ1) is 17.1. The third-order valence-electron chi connectivity index (χ3n) is 3.76. The first-order valence-corrected chi connectivity index (χ1v) is 13.2. The average Bonchev–Trinajstić information content (AvgIpc) is 2.50. The fraction of sp³-hybridized carbons (Fsp3) is 0.294. The van der Waals surface area contributed by atoms with Crippen molar-refractivity contribution < 1.29 is 9.30 Å². The Kier molecular flexibility index (Phi) is 4.61. The van der Waals surface area contributed by atoms with Gasteiger partial charge in [-0.15, -0.1) is 0 Å². The van der Waals surface area contributed by atoms with Gasteiger partial charge in [-0.1, -0.05) is 0 Å². The zero-order chi connectivity index (χ0) is 16.9. The first-order chi connectivity index (χ1) is 11.4. The van der Waals surface area contributed by atoms with Crippen LogP contribution in [-0.4, -0.2) is 28.9 Å². The number of rotatable bonds is 2. The Bertz CT molecular complexity index is 742. The van der Waals surface area contributed by atoms with Crippen LogP contribution in [0.3, 0.4) is 0 Å². The van der Waals surface area contributed by atoms with Crippen LogP contribution in [0.4, 0.5) is 0 Å². The maximum absolute atomic E-state index is 6.42. The van der Waals surface area contributed by atoms with E-state index in [0.717, 1.165) is 44.7 Å². The van der Waals surface area contributed by atoms with Crippen LogP contribution in [0.1, 0.15) is 25.0 Å². The van der Waals surface area contributed by atoms with Crippen molar-refractivity contribution in [1.29, 1.82) is 0 Å². The Labute approximate surface area is 164 Å². The van der Waals surface area contributed by atoms with E-state index in [4.69, 9.17) is 9.30 Å². The molecule has 0 bridgehead atoms. The van der Waals surface area contributed by atoms with Crippen LogP contribution < -0.4 is 6.20 Å². The molecule has 0 aliphatic carbocycles. The van der Waals surface area contributed by atoms with Crippen LogP contribution in [-0.2, 0) is 16.2 Å². The van der Waals surface area contributed by atoms with Gasteiger partial charge >= 0.3 is 165 Å². The predicted octanol–water partition coefficient (Wildman–Crippen LogP) is 4.86. The van der Waals surface area contributed by atoms with Gasteiger partial charge in [0.05, 0.1) is 0 Å². The summed E-state index contributed by atoms with van der Waals surface area (Å²) < 4.78 is 23.5. The second-order valence-electron chi connectivity index (χ2n) is 6.04. The molecule has 2 aromatic rings. The second kappa shape index (κ2) is 6.46. The number of hydrogen-bond donors (Lipinski definition) is 0. The van der Waals surface area contributed by atoms with Crippen molar-refractivity contribution in [1.82, 2.24) is 3.15 Å². The van der Waals surface area contributed by atoms with E-state index in [2.05, 4.69) is 47.1 Å². The molecule has 0 radical (unpaired) electrons. The molecule has 0 spiro atoms. The molecule has 0 fully saturated rings. The van der Waals surface area contributed by atoms with Crippen LogP contribution in [0.2, 0.25) is 0 Å². The quantitative estimate of drug-likeness (QED) is 0.483. The number of halogens is 2. The monoisotopic (exact) mass is 571 g/mol. The molecule has 0 saturated carbocycles. The van der Waals surface area contributed by atoms with E-state index in [1.807, 2.05) is 38.1 Å². The van der Waals surface area contributed by atoms with E-state index >= 15 is 0 Å². The Hall–Kier alpha value is -0.290. The molecule has 0 aromatic heterocycles. The van der Waals surface area contributed by atoms with Crippen molar-refractivity contribution in [2.45, 2.75) is 33.0 Å². The van der Waals surface area contributed by atoms with E-state index in [1.54, 1.807) is 0 Å². The molecular formula is C17H17Br2NO3Te. The Morgan fingerprint density at radius 1 is 0.958 bits per heavy atom. The van der Waals surface area contributed by atoms with Gasteiger partial charge in [0.1, 0.15) is 0 Å². The summed E-state index contributed by atoms with van der Waals surface area (Å²) in [7, 11) is 0. The molecule has 2 heterocycles. The topological polar surface area (TPSA) is 30.9 Å². The molecular weight excluding hydrogens is 554 g/mol. The summed E-state index contributed by atoms with van der Waals surface area (Å²) in [6.07, 6.45) is 0.0442. The molecule has 7 heteroatoms. The number of nitrogens with zero attached hydrogens (tertiary/aromatic N) is 1. The number of hydrogen-bond acceptors (Lipinski definition) is 4. The van der Waals surface area contributed by atoms with Crippen LogP contribution >= 0.6 is 31.9 Å². The summed E-state index contributed by atoms with van der Waals surface area (Å²) in [6.45, 7) is 5.60. The zero-order valence-corrected chi connectivity index (χ0v) is 18.8. The molecule has 0 atom stereocenters. The summed E-state index contributed by atoms with van der Waals surface area (Å²) >= 11 is 3.43. The molecule has 0 N–H and O–H groups in total. The van der Waals surface area contributed by atoms with Gasteiger partial charge in [-0.05, 0) is 0 Å². The fourth-order valence-corrected chi connectivity index (χ4v) is 10.2. The van der Waals surface area contributed by atoms with E-state index in [1.165, 1.54) is 0 Å². The summed E-state index contributed by atoms with van der Waals surface area (Å²) in [5, 5.41) is 0. The van der Waals surface area contributed by atoms with Gasteiger partial charge in [0, 0.05) is 0 Å². The van der Waals surface area contributed by atoms with Crippen LogP contribution in [0.25, 0.3) is 0 Å². The van der Waals surface area contributed by atoms with E-state index in [-0.39, 0.29) is 6.10 Å². The van der Waals surface area contributed by atoms with Crippen molar-refractivity contribution in [3.05, 3.63) is 56.5 Å². The van der Waals surface area contributed by atoms with Crippen LogP contribution in [0.15, 0.2) is 45.3 Å². The molecule has 2 aliphatic heterocycles. The summed E-state index contributed by atoms with van der Waals surface area (Å²) in [5.74, 6) is 1.74. The van der Waals surface area contributed by atoms with Crippen molar-refractivity contribution >= 4 is 51.5 Å². The molecule has 4 nitrogen and oxygen atoms in total. The molecule has 128 valence electrons. The van der Waals surface area contributed by atoms with Gasteiger partial charge < -0.3 is 0 Å². The average molecular weight is 571 g/mol. The molecule has 2 aromatic carbocycles. The molecule has 2 aliphatic rings. The zero-order valence-electron chi connectivity index (χ0n) is 13.3. The first-order valence-electron chi connectivity index (χ1n) is 7.67. The normalized spacial score (nSPS) is 19.5. The van der Waals surface area contributed by atoms with Crippen molar-refractivity contribution in [2.24, 2.45) is 0 Å². The summed E-state index contributed by atoms with van der Waals surface area (Å²) in [4.78, 5) is 0. The second-order valence-corrected chi connectivity index (χ2v) is 13.3. The molecule has 24 heavy (non-hydrogen) atoms. The summed E-state index contributed by atoms with van der Waals surface area (Å²) in [6, 6.07) is 12.2. The van der Waals surface area contributed by atoms with Crippen molar-refractivity contribution in [3.63, 3.8) is 0 Å². The van der Waals surface area contributed by atoms with E-state index < -0.39 is 19.7 Å². The van der Waals surface area contributed by atoms with E-state index in [9.17, 15) is 0 Å². The van der Waals surface area contributed by atoms with Gasteiger partial charge in [-0.3, -0.25) is 0 Å². The maximum atomic E-state index is 6.42. The fourth-order valence-electron chi connectivity index (χ4n) is 2.79. The van der Waals surface area contributed by atoms with Gasteiger partial charge in [0.15, 0.2) is 0 Å². The molecule has 0 unspecified atom stereocenters.